The maximum Gasteiger partial charge on any atom is 0.202 e. The summed E-state index contributed by atoms with van der Waals surface area (Å²) in [7, 11) is 1.34. The smallest absolute Gasteiger partial charge is 0.202 e. The van der Waals surface area contributed by atoms with E-state index in [-0.39, 0.29) is 34.4 Å². The molecule has 13 nitrogen and oxygen atoms in total. The van der Waals surface area contributed by atoms with Crippen LogP contribution < -0.4 is 10.5 Å². The molecular weight excluding hydrogens is 590 g/mol. The molecule has 0 aromatic heterocycles. The van der Waals surface area contributed by atoms with Crippen LogP contribution in [0.1, 0.15) is 88.1 Å². The molecule has 2 aliphatic heterocycles. The van der Waals surface area contributed by atoms with Gasteiger partial charge in [-0.25, -0.2) is 0 Å². The van der Waals surface area contributed by atoms with Gasteiger partial charge in [-0.2, -0.15) is 0 Å². The van der Waals surface area contributed by atoms with E-state index in [2.05, 4.69) is 0 Å². The van der Waals surface area contributed by atoms with Crippen LogP contribution >= 0.6 is 0 Å². The van der Waals surface area contributed by atoms with Gasteiger partial charge < -0.3 is 49.8 Å². The number of hydrogen-bond donors (Lipinski definition) is 5. The van der Waals surface area contributed by atoms with E-state index in [0.29, 0.717) is 6.61 Å². The van der Waals surface area contributed by atoms with Gasteiger partial charge in [0, 0.05) is 48.6 Å². The zero-order valence-electron chi connectivity index (χ0n) is 25.0. The van der Waals surface area contributed by atoms with E-state index in [1.807, 2.05) is 0 Å². The molecule has 6 rings (SSSR count). The van der Waals surface area contributed by atoms with Gasteiger partial charge in [-0.3, -0.25) is 14.4 Å². The molecule has 0 saturated carbocycles. The number of carbonyl (C=O) groups excluding carboxylic acids is 3. The Bertz CT molecular complexity index is 1520. The number of ketones is 3. The molecule has 0 spiro atoms. The molecule has 2 fully saturated rings. The maximum absolute atomic E-state index is 13.8. The zero-order valence-corrected chi connectivity index (χ0v) is 25.0. The molecule has 2 saturated heterocycles. The molecule has 2 aliphatic carbocycles. The number of hydrogen-bond acceptors (Lipinski definition) is 13. The fraction of sp³-hybridized carbons (Fsp3) is 0.531. The number of aliphatic hydroxyl groups excluding tert-OH is 1. The van der Waals surface area contributed by atoms with Gasteiger partial charge in [0.2, 0.25) is 5.78 Å². The van der Waals surface area contributed by atoms with Gasteiger partial charge in [0.25, 0.3) is 0 Å². The van der Waals surface area contributed by atoms with Crippen molar-refractivity contribution in [3.8, 4) is 17.2 Å². The van der Waals surface area contributed by atoms with Crippen LogP contribution in [0.25, 0.3) is 0 Å². The van der Waals surface area contributed by atoms with Crippen molar-refractivity contribution in [1.29, 1.82) is 0 Å². The number of methoxy groups -OCH3 is 1. The summed E-state index contributed by atoms with van der Waals surface area (Å²) < 4.78 is 29.5. The second kappa shape index (κ2) is 12.1. The number of phenolic OH excluding ortho intramolecular Hbond substituents is 2. The van der Waals surface area contributed by atoms with Gasteiger partial charge in [-0.15, -0.1) is 0 Å². The third kappa shape index (κ3) is 5.31. The first-order chi connectivity index (χ1) is 21.5. The first kappa shape index (κ1) is 31.5. The Morgan fingerprint density at radius 1 is 1.07 bits per heavy atom. The largest absolute Gasteiger partial charge is 0.507 e. The number of phenols is 2. The van der Waals surface area contributed by atoms with Crippen molar-refractivity contribution in [2.45, 2.75) is 88.0 Å². The standard InChI is InChI=1S/C32H37NO12/c1-14-31(45-21-8-3-4-9-42-21)17(33)10-22(43-14)44-19-12-32(40,20(35)13-34)11-16-24(19)30(39)26-25(28(16)37)27(36)15-6-5-7-18(41-2)23(15)29(26)38/h5-7,14,17,19,21-22,31,34,37,39-40H,3-4,8-13,33H2,1-2H3/t14?,17?,19?,21?,22?,31?,32-/m1/s1. The normalized spacial score (nSPS) is 31.1. The average Bonchev–Trinajstić information content (AvgIpc) is 3.02. The summed E-state index contributed by atoms with van der Waals surface area (Å²) in [5, 5.41) is 44.2. The van der Waals surface area contributed by atoms with Crippen molar-refractivity contribution >= 4 is 17.3 Å². The number of nitrogens with two attached hydrogens (primary N) is 1. The highest BCUT2D eigenvalue weighted by molar-refractivity contribution is 6.31. The highest BCUT2D eigenvalue weighted by Crippen LogP contribution is 2.52. The molecule has 0 radical (unpaired) electrons. The minimum Gasteiger partial charge on any atom is -0.507 e. The molecule has 4 aliphatic rings. The molecule has 6 unspecified atom stereocenters. The Kier molecular flexibility index (Phi) is 8.46. The number of aliphatic hydroxyl groups is 2. The molecule has 242 valence electrons. The second-order valence-electron chi connectivity index (χ2n) is 12.1. The number of ether oxygens (including phenoxy) is 5. The molecular formula is C32H37NO12. The Balaban J connectivity index is 1.38. The predicted molar refractivity (Wildman–Crippen MR) is 154 cm³/mol. The first-order valence-corrected chi connectivity index (χ1v) is 15.1. The number of rotatable bonds is 7. The van der Waals surface area contributed by atoms with Crippen molar-refractivity contribution < 1.29 is 58.5 Å². The van der Waals surface area contributed by atoms with Gasteiger partial charge in [0.1, 0.15) is 35.6 Å². The van der Waals surface area contributed by atoms with E-state index in [1.54, 1.807) is 6.92 Å². The number of carbonyl (C=O) groups is 3. The van der Waals surface area contributed by atoms with Crippen LogP contribution in [0, 0.1) is 0 Å². The van der Waals surface area contributed by atoms with Crippen LogP contribution in [-0.2, 0) is 30.2 Å². The number of Topliss-reactive ketones (excluding diaryl/α,β-unsaturated/α-hetero) is 1. The molecule has 6 N–H and O–H groups in total. The second-order valence-corrected chi connectivity index (χ2v) is 12.1. The first-order valence-electron chi connectivity index (χ1n) is 15.1. The quantitative estimate of drug-likeness (QED) is 0.236. The number of fused-ring (bicyclic) bond motifs is 3. The van der Waals surface area contributed by atoms with Crippen LogP contribution in [-0.4, -0.2) is 94.5 Å². The summed E-state index contributed by atoms with van der Waals surface area (Å²) in [6.07, 6.45) is -2.03. The highest BCUT2D eigenvalue weighted by atomic mass is 16.7. The molecule has 7 atom stereocenters. The topological polar surface area (TPSA) is 204 Å². The summed E-state index contributed by atoms with van der Waals surface area (Å²) in [6.45, 7) is 1.35. The van der Waals surface area contributed by atoms with E-state index in [0.717, 1.165) is 19.3 Å². The van der Waals surface area contributed by atoms with Crippen molar-refractivity contribution in [2.75, 3.05) is 20.3 Å². The van der Waals surface area contributed by atoms with Crippen LogP contribution in [0.15, 0.2) is 18.2 Å². The lowest BCUT2D eigenvalue weighted by molar-refractivity contribution is -0.281. The minimum atomic E-state index is -2.24. The van der Waals surface area contributed by atoms with E-state index in [9.17, 15) is 34.8 Å². The van der Waals surface area contributed by atoms with Gasteiger partial charge in [0.15, 0.2) is 24.1 Å². The maximum atomic E-state index is 13.8. The molecule has 2 aromatic rings. The lowest BCUT2D eigenvalue weighted by atomic mass is 9.72. The van der Waals surface area contributed by atoms with Crippen LogP contribution in [0.2, 0.25) is 0 Å². The Morgan fingerprint density at radius 3 is 2.49 bits per heavy atom. The fourth-order valence-electron chi connectivity index (χ4n) is 6.95. The third-order valence-corrected chi connectivity index (χ3v) is 9.22. The highest BCUT2D eigenvalue weighted by Gasteiger charge is 2.50. The molecule has 2 aromatic carbocycles. The van der Waals surface area contributed by atoms with Crippen molar-refractivity contribution in [3.63, 3.8) is 0 Å². The van der Waals surface area contributed by atoms with Gasteiger partial charge in [0.05, 0.1) is 36.0 Å². The summed E-state index contributed by atoms with van der Waals surface area (Å²) >= 11 is 0. The van der Waals surface area contributed by atoms with Crippen LogP contribution in [0.5, 0.6) is 17.2 Å². The number of aromatic hydroxyl groups is 2. The minimum absolute atomic E-state index is 0.0409. The lowest BCUT2D eigenvalue weighted by Gasteiger charge is -2.43. The van der Waals surface area contributed by atoms with Crippen LogP contribution in [0.3, 0.4) is 0 Å². The van der Waals surface area contributed by atoms with E-state index in [4.69, 9.17) is 29.4 Å². The average molecular weight is 628 g/mol. The molecule has 0 bridgehead atoms. The Morgan fingerprint density at radius 2 is 1.82 bits per heavy atom. The molecule has 2 heterocycles. The summed E-state index contributed by atoms with van der Waals surface area (Å²) in [5.74, 6) is -3.67. The van der Waals surface area contributed by atoms with Gasteiger partial charge >= 0.3 is 0 Å². The predicted octanol–water partition coefficient (Wildman–Crippen LogP) is 1.55. The van der Waals surface area contributed by atoms with E-state index < -0.39 is 102 Å². The summed E-state index contributed by atoms with van der Waals surface area (Å²) in [5.41, 5.74) is 2.98. The number of benzene rings is 2. The monoisotopic (exact) mass is 627 g/mol. The van der Waals surface area contributed by atoms with Crippen molar-refractivity contribution in [2.24, 2.45) is 5.73 Å². The van der Waals surface area contributed by atoms with E-state index in [1.165, 1.54) is 25.3 Å². The fourth-order valence-corrected chi connectivity index (χ4v) is 6.95. The summed E-state index contributed by atoms with van der Waals surface area (Å²) in [4.78, 5) is 40.2. The summed E-state index contributed by atoms with van der Waals surface area (Å²) in [6, 6.07) is 3.86. The molecule has 45 heavy (non-hydrogen) atoms. The Labute approximate surface area is 258 Å². The third-order valence-electron chi connectivity index (χ3n) is 9.22. The van der Waals surface area contributed by atoms with Crippen molar-refractivity contribution in [1.82, 2.24) is 0 Å². The SMILES string of the molecule is COc1cccc2c1C(=O)c1c(O)c3c(c(O)c1C2=O)C[C@](O)(C(=O)CO)CC3OC1CC(N)C(OC2CCCCO2)C(C)O1. The van der Waals surface area contributed by atoms with Gasteiger partial charge in [-0.05, 0) is 32.3 Å². The molecule has 13 heteroatoms. The molecule has 0 amide bonds. The van der Waals surface area contributed by atoms with Gasteiger partial charge in [-0.1, -0.05) is 12.1 Å². The van der Waals surface area contributed by atoms with Crippen LogP contribution in [0.4, 0.5) is 0 Å². The van der Waals surface area contributed by atoms with Crippen molar-refractivity contribution in [3.05, 3.63) is 51.6 Å². The zero-order chi connectivity index (χ0) is 32.2. The Hall–Kier alpha value is -3.43. The van der Waals surface area contributed by atoms with E-state index >= 15 is 0 Å². The lowest BCUT2D eigenvalue weighted by Crippen LogP contribution is -2.55.